The number of rotatable bonds is 5. The molecule has 4 heteroatoms. The van der Waals surface area contributed by atoms with Crippen LogP contribution in [0.2, 0.25) is 0 Å². The number of carbonyl (C=O) groups is 1. The van der Waals surface area contributed by atoms with Crippen molar-refractivity contribution in [3.8, 4) is 11.1 Å². The molecule has 0 saturated heterocycles. The first-order valence-corrected chi connectivity index (χ1v) is 12.7. The quantitative estimate of drug-likeness (QED) is 0.271. The molecular formula is C32H38N2O2. The molecule has 0 atom stereocenters. The third-order valence-corrected chi connectivity index (χ3v) is 6.28. The fourth-order valence-electron chi connectivity index (χ4n) is 4.43. The van der Waals surface area contributed by atoms with Gasteiger partial charge in [-0.05, 0) is 86.1 Å². The average Bonchev–Trinajstić information content (AvgIpc) is 3.07. The number of imidazole rings is 1. The molecule has 0 fully saturated rings. The smallest absolute Gasteiger partial charge is 0.339 e. The SMILES string of the molecule is Cc1cc2nc(CC(C)(C)C)n(Cc3ccc(-c4ccccc4C(=O)OC(C)(C)C)cc3)c2cc1C. The van der Waals surface area contributed by atoms with Crippen LogP contribution in [0.1, 0.15) is 74.4 Å². The highest BCUT2D eigenvalue weighted by molar-refractivity contribution is 5.97. The number of aryl methyl sites for hydroxylation is 2. The van der Waals surface area contributed by atoms with E-state index in [1.807, 2.05) is 45.0 Å². The molecule has 36 heavy (non-hydrogen) atoms. The molecule has 3 aromatic carbocycles. The number of nitrogens with zero attached hydrogens (tertiary/aromatic N) is 2. The summed E-state index contributed by atoms with van der Waals surface area (Å²) in [5.74, 6) is 0.811. The third-order valence-electron chi connectivity index (χ3n) is 6.28. The van der Waals surface area contributed by atoms with E-state index in [-0.39, 0.29) is 11.4 Å². The van der Waals surface area contributed by atoms with Gasteiger partial charge in [-0.25, -0.2) is 9.78 Å². The average molecular weight is 483 g/mol. The minimum absolute atomic E-state index is 0.137. The first-order chi connectivity index (χ1) is 16.8. The molecule has 0 aliphatic heterocycles. The highest BCUT2D eigenvalue weighted by Crippen LogP contribution is 2.29. The van der Waals surface area contributed by atoms with E-state index in [2.05, 4.69) is 75.6 Å². The Bertz CT molecular complexity index is 1400. The predicted octanol–water partition coefficient (Wildman–Crippen LogP) is 7.91. The lowest BCUT2D eigenvalue weighted by Crippen LogP contribution is -2.24. The minimum atomic E-state index is -0.538. The summed E-state index contributed by atoms with van der Waals surface area (Å²) >= 11 is 0. The summed E-state index contributed by atoms with van der Waals surface area (Å²) in [6.45, 7) is 17.5. The Morgan fingerprint density at radius 1 is 0.889 bits per heavy atom. The Kier molecular flexibility index (Phi) is 6.83. The lowest BCUT2D eigenvalue weighted by molar-refractivity contribution is 0.00704. The molecule has 0 amide bonds. The van der Waals surface area contributed by atoms with Crippen LogP contribution in [0, 0.1) is 19.3 Å². The van der Waals surface area contributed by atoms with Crippen molar-refractivity contribution >= 4 is 17.0 Å². The minimum Gasteiger partial charge on any atom is -0.456 e. The van der Waals surface area contributed by atoms with E-state index in [1.54, 1.807) is 0 Å². The van der Waals surface area contributed by atoms with Crippen LogP contribution in [0.15, 0.2) is 60.7 Å². The highest BCUT2D eigenvalue weighted by Gasteiger charge is 2.21. The summed E-state index contributed by atoms with van der Waals surface area (Å²) in [5, 5.41) is 0. The van der Waals surface area contributed by atoms with Crippen molar-refractivity contribution in [2.75, 3.05) is 0 Å². The maximum Gasteiger partial charge on any atom is 0.339 e. The second-order valence-corrected chi connectivity index (χ2v) is 12.0. The van der Waals surface area contributed by atoms with Gasteiger partial charge in [-0.2, -0.15) is 0 Å². The van der Waals surface area contributed by atoms with Gasteiger partial charge >= 0.3 is 5.97 Å². The second-order valence-electron chi connectivity index (χ2n) is 12.0. The molecule has 0 radical (unpaired) electrons. The Morgan fingerprint density at radius 3 is 2.17 bits per heavy atom. The van der Waals surface area contributed by atoms with Gasteiger partial charge in [0, 0.05) is 13.0 Å². The Hall–Kier alpha value is -3.40. The molecule has 0 N–H and O–H groups in total. The van der Waals surface area contributed by atoms with Gasteiger partial charge in [-0.15, -0.1) is 0 Å². The summed E-state index contributed by atoms with van der Waals surface area (Å²) < 4.78 is 8.00. The first kappa shape index (κ1) is 25.7. The fourth-order valence-corrected chi connectivity index (χ4v) is 4.43. The van der Waals surface area contributed by atoms with E-state index < -0.39 is 5.60 Å². The molecule has 1 aromatic heterocycles. The van der Waals surface area contributed by atoms with Crippen LogP contribution >= 0.6 is 0 Å². The predicted molar refractivity (Wildman–Crippen MR) is 149 cm³/mol. The molecule has 0 bridgehead atoms. The van der Waals surface area contributed by atoms with Crippen LogP contribution in [0.5, 0.6) is 0 Å². The maximum absolute atomic E-state index is 12.8. The molecule has 4 rings (SSSR count). The highest BCUT2D eigenvalue weighted by atomic mass is 16.6. The first-order valence-electron chi connectivity index (χ1n) is 12.7. The number of ether oxygens (including phenoxy) is 1. The molecule has 0 aliphatic carbocycles. The molecule has 0 spiro atoms. The molecule has 188 valence electrons. The molecule has 4 aromatic rings. The summed E-state index contributed by atoms with van der Waals surface area (Å²) in [4.78, 5) is 17.9. The molecular weight excluding hydrogens is 444 g/mol. The van der Waals surface area contributed by atoms with Crippen molar-refractivity contribution in [2.24, 2.45) is 5.41 Å². The van der Waals surface area contributed by atoms with Gasteiger partial charge in [-0.3, -0.25) is 0 Å². The van der Waals surface area contributed by atoms with Gasteiger partial charge in [-0.1, -0.05) is 63.2 Å². The zero-order valence-electron chi connectivity index (χ0n) is 22.9. The van der Waals surface area contributed by atoms with Gasteiger partial charge in [0.15, 0.2) is 0 Å². The number of fused-ring (bicyclic) bond motifs is 1. The van der Waals surface area contributed by atoms with Crippen molar-refractivity contribution in [1.82, 2.24) is 9.55 Å². The summed E-state index contributed by atoms with van der Waals surface area (Å²) in [5.41, 5.74) is 8.03. The third kappa shape index (κ3) is 5.87. The van der Waals surface area contributed by atoms with E-state index in [9.17, 15) is 4.79 Å². The van der Waals surface area contributed by atoms with Crippen molar-refractivity contribution in [3.05, 3.63) is 88.7 Å². The number of aromatic nitrogens is 2. The molecule has 0 unspecified atom stereocenters. The van der Waals surface area contributed by atoms with E-state index in [4.69, 9.17) is 9.72 Å². The van der Waals surface area contributed by atoms with E-state index in [0.717, 1.165) is 35.4 Å². The van der Waals surface area contributed by atoms with Crippen molar-refractivity contribution in [2.45, 2.75) is 74.0 Å². The number of hydrogen-bond donors (Lipinski definition) is 0. The van der Waals surface area contributed by atoms with Crippen molar-refractivity contribution < 1.29 is 9.53 Å². The largest absolute Gasteiger partial charge is 0.456 e. The van der Waals surface area contributed by atoms with Crippen molar-refractivity contribution in [1.29, 1.82) is 0 Å². The van der Waals surface area contributed by atoms with Crippen molar-refractivity contribution in [3.63, 3.8) is 0 Å². The van der Waals surface area contributed by atoms with Crippen LogP contribution in [-0.2, 0) is 17.7 Å². The molecule has 4 nitrogen and oxygen atoms in total. The van der Waals surface area contributed by atoms with Gasteiger partial charge in [0.25, 0.3) is 0 Å². The van der Waals surface area contributed by atoms with Crippen LogP contribution in [-0.4, -0.2) is 21.1 Å². The van der Waals surface area contributed by atoms with Gasteiger partial charge in [0.1, 0.15) is 11.4 Å². The lowest BCUT2D eigenvalue weighted by atomic mass is 9.92. The topological polar surface area (TPSA) is 44.1 Å². The summed E-state index contributed by atoms with van der Waals surface area (Å²) in [6.07, 6.45) is 0.904. The maximum atomic E-state index is 12.8. The summed E-state index contributed by atoms with van der Waals surface area (Å²) in [6, 6.07) is 20.6. The standard InChI is InChI=1S/C32H38N2O2/c1-21-17-27-28(18-22(21)2)34(29(33-27)19-31(3,4)5)20-23-13-15-24(16-14-23)25-11-9-10-12-26(25)30(35)36-32(6,7)8/h9-18H,19-20H2,1-8H3. The zero-order valence-corrected chi connectivity index (χ0v) is 22.9. The Labute approximate surface area is 215 Å². The number of carbonyl (C=O) groups excluding carboxylic acids is 1. The van der Waals surface area contributed by atoms with Crippen LogP contribution in [0.4, 0.5) is 0 Å². The lowest BCUT2D eigenvalue weighted by Gasteiger charge is -2.20. The zero-order chi connectivity index (χ0) is 26.3. The van der Waals surface area contributed by atoms with Crippen LogP contribution < -0.4 is 0 Å². The fraction of sp³-hybridized carbons (Fsp3) is 0.375. The van der Waals surface area contributed by atoms with Crippen LogP contribution in [0.3, 0.4) is 0 Å². The Balaban J connectivity index is 1.68. The van der Waals surface area contributed by atoms with Gasteiger partial charge in [0.2, 0.25) is 0 Å². The molecule has 0 aliphatic rings. The number of benzene rings is 3. The Morgan fingerprint density at radius 2 is 1.53 bits per heavy atom. The van der Waals surface area contributed by atoms with Gasteiger partial charge in [0.05, 0.1) is 16.6 Å². The number of hydrogen-bond acceptors (Lipinski definition) is 3. The van der Waals surface area contributed by atoms with E-state index in [1.165, 1.54) is 22.2 Å². The van der Waals surface area contributed by atoms with E-state index in [0.29, 0.717) is 5.56 Å². The number of esters is 1. The normalized spacial score (nSPS) is 12.2. The summed E-state index contributed by atoms with van der Waals surface area (Å²) in [7, 11) is 0. The van der Waals surface area contributed by atoms with E-state index >= 15 is 0 Å². The monoisotopic (exact) mass is 482 g/mol. The molecule has 1 heterocycles. The molecule has 0 saturated carbocycles. The second kappa shape index (κ2) is 9.57. The van der Waals surface area contributed by atoms with Crippen LogP contribution in [0.25, 0.3) is 22.2 Å². The van der Waals surface area contributed by atoms with Gasteiger partial charge < -0.3 is 9.30 Å².